The van der Waals surface area contributed by atoms with Gasteiger partial charge in [-0.3, -0.25) is 0 Å². The minimum Gasteiger partial charge on any atom is -0.395 e. The van der Waals surface area contributed by atoms with Gasteiger partial charge in [0.05, 0.1) is 13.2 Å². The van der Waals surface area contributed by atoms with Crippen LogP contribution in [0.5, 0.6) is 0 Å². The number of nitrogens with zero attached hydrogens (tertiary/aromatic N) is 1. The van der Waals surface area contributed by atoms with E-state index in [2.05, 4.69) is 5.11 Å². The number of aliphatic hydroxyl groups is 1. The number of hydrogen-bond acceptors (Lipinski definition) is 4. The van der Waals surface area contributed by atoms with Gasteiger partial charge in [-0.2, -0.15) is 5.11 Å². The first kappa shape index (κ1) is 6.52. The van der Waals surface area contributed by atoms with Crippen LogP contribution in [0.4, 0.5) is 0 Å². The maximum absolute atomic E-state index is 8.20. The molecule has 7 heavy (non-hydrogen) atoms. The summed E-state index contributed by atoms with van der Waals surface area (Å²) in [5.41, 5.74) is 11.4. The molecule has 0 spiro atoms. The Kier molecular flexibility index (Phi) is 3.45. The summed E-state index contributed by atoms with van der Waals surface area (Å²) in [4.78, 5) is 0. The van der Waals surface area contributed by atoms with Crippen molar-refractivity contribution in [1.82, 2.24) is 0 Å². The molecule has 0 aromatic rings. The Morgan fingerprint density at radius 1 is 1.86 bits per heavy atom. The lowest BCUT2D eigenvalue weighted by molar-refractivity contribution is 0.267. The summed E-state index contributed by atoms with van der Waals surface area (Å²) >= 11 is 0. The second-order valence-corrected chi connectivity index (χ2v) is 1.28. The van der Waals surface area contributed by atoms with Crippen LogP contribution >= 0.6 is 0 Å². The van der Waals surface area contributed by atoms with Crippen LogP contribution < -0.4 is 5.73 Å². The van der Waals surface area contributed by atoms with E-state index in [9.17, 15) is 0 Å². The summed E-state index contributed by atoms with van der Waals surface area (Å²) in [6.45, 7) is 0.124. The third-order valence-corrected chi connectivity index (χ3v) is 0.560. The third kappa shape index (κ3) is 3.35. The van der Waals surface area contributed by atoms with E-state index in [4.69, 9.17) is 16.4 Å². The van der Waals surface area contributed by atoms with Crippen LogP contribution in [0.2, 0.25) is 0 Å². The Balaban J connectivity index is 2.98. The fourth-order valence-electron chi connectivity index (χ4n) is 0.175. The van der Waals surface area contributed by atoms with Gasteiger partial charge in [0.1, 0.15) is 0 Å². The quantitative estimate of drug-likeness (QED) is 0.414. The van der Waals surface area contributed by atoms with E-state index in [1.54, 1.807) is 0 Å². The van der Waals surface area contributed by atoms with Gasteiger partial charge in [0.2, 0.25) is 0 Å². The van der Waals surface area contributed by atoms with Crippen molar-refractivity contribution in [3.63, 3.8) is 0 Å². The molecule has 0 rings (SSSR count). The van der Waals surface area contributed by atoms with E-state index in [0.717, 1.165) is 0 Å². The highest BCUT2D eigenvalue weighted by Crippen LogP contribution is 1.74. The molecule has 0 fully saturated rings. The Morgan fingerprint density at radius 2 is 2.43 bits per heavy atom. The minimum absolute atomic E-state index is 0.0949. The highest BCUT2D eigenvalue weighted by molar-refractivity contribution is 4.57. The second-order valence-electron chi connectivity index (χ2n) is 1.28. The van der Waals surface area contributed by atoms with Crippen molar-refractivity contribution in [2.45, 2.75) is 6.04 Å². The molecule has 4 nitrogen and oxygen atoms in total. The van der Waals surface area contributed by atoms with Crippen LogP contribution in [0.15, 0.2) is 5.11 Å². The van der Waals surface area contributed by atoms with Gasteiger partial charge < -0.3 is 10.8 Å². The molecule has 0 saturated heterocycles. The smallest absolute Gasteiger partial charge is 0.0769 e. The second kappa shape index (κ2) is 3.70. The summed E-state index contributed by atoms with van der Waals surface area (Å²) in [5.74, 6) is 0. The number of nitrogens with one attached hydrogen (secondary N) is 1. The standard InChI is InChI=1S/C3H9N3O/c4-3(2-7)1-6-5/h3,5,7H,1-2,4H2/t3-/m1/s1. The van der Waals surface area contributed by atoms with Crippen molar-refractivity contribution in [3.8, 4) is 0 Å². The average molecular weight is 103 g/mol. The molecular formula is C3H9N3O. The minimum atomic E-state index is -0.350. The van der Waals surface area contributed by atoms with Gasteiger partial charge in [-0.1, -0.05) is 0 Å². The Labute approximate surface area is 41.8 Å². The molecule has 4 heteroatoms. The summed E-state index contributed by atoms with van der Waals surface area (Å²) in [6, 6.07) is -0.350. The first-order valence-electron chi connectivity index (χ1n) is 2.01. The number of nitrogens with two attached hydrogens (primary N) is 1. The van der Waals surface area contributed by atoms with Crippen molar-refractivity contribution in [2.24, 2.45) is 10.8 Å². The lowest BCUT2D eigenvalue weighted by Crippen LogP contribution is -2.27. The molecule has 0 radical (unpaired) electrons. The molecule has 0 saturated carbocycles. The zero-order valence-corrected chi connectivity index (χ0v) is 3.96. The lowest BCUT2D eigenvalue weighted by atomic mass is 10.3. The molecule has 42 valence electrons. The van der Waals surface area contributed by atoms with E-state index in [1.807, 2.05) is 0 Å². The molecule has 0 aliphatic carbocycles. The molecule has 0 heterocycles. The zero-order valence-electron chi connectivity index (χ0n) is 3.96. The zero-order chi connectivity index (χ0) is 5.70. The van der Waals surface area contributed by atoms with Gasteiger partial charge in [0, 0.05) is 6.04 Å². The Hall–Kier alpha value is -0.480. The van der Waals surface area contributed by atoms with Gasteiger partial charge in [-0.05, 0) is 0 Å². The first-order chi connectivity index (χ1) is 3.31. The maximum Gasteiger partial charge on any atom is 0.0769 e. The Morgan fingerprint density at radius 3 is 2.57 bits per heavy atom. The molecule has 0 aliphatic rings. The van der Waals surface area contributed by atoms with Crippen molar-refractivity contribution in [3.05, 3.63) is 0 Å². The highest BCUT2D eigenvalue weighted by Gasteiger charge is 1.94. The molecule has 0 bridgehead atoms. The average Bonchev–Trinajstić information content (AvgIpc) is 1.68. The molecule has 4 N–H and O–H groups in total. The van der Waals surface area contributed by atoms with Crippen molar-refractivity contribution in [2.75, 3.05) is 13.2 Å². The maximum atomic E-state index is 8.20. The van der Waals surface area contributed by atoms with Crippen LogP contribution in [-0.2, 0) is 0 Å². The van der Waals surface area contributed by atoms with Gasteiger partial charge in [-0.25, -0.2) is 5.53 Å². The van der Waals surface area contributed by atoms with Gasteiger partial charge >= 0.3 is 0 Å². The predicted octanol–water partition coefficient (Wildman–Crippen LogP) is -0.663. The van der Waals surface area contributed by atoms with Crippen molar-refractivity contribution in [1.29, 1.82) is 5.53 Å². The monoisotopic (exact) mass is 103 g/mol. The SMILES string of the molecule is N=NC[C@@H](N)CO. The van der Waals surface area contributed by atoms with Gasteiger partial charge in [0.25, 0.3) is 0 Å². The summed E-state index contributed by atoms with van der Waals surface area (Å²) in [5, 5.41) is 11.2. The van der Waals surface area contributed by atoms with E-state index in [-0.39, 0.29) is 19.2 Å². The van der Waals surface area contributed by atoms with Gasteiger partial charge in [-0.15, -0.1) is 0 Å². The van der Waals surface area contributed by atoms with Crippen LogP contribution in [0, 0.1) is 5.53 Å². The number of aliphatic hydroxyl groups excluding tert-OH is 1. The number of rotatable bonds is 3. The molecular weight excluding hydrogens is 94.1 g/mol. The van der Waals surface area contributed by atoms with E-state index in [0.29, 0.717) is 0 Å². The molecule has 0 aromatic heterocycles. The van der Waals surface area contributed by atoms with Crippen LogP contribution in [-0.4, -0.2) is 24.3 Å². The number of hydrogen-bond donors (Lipinski definition) is 3. The van der Waals surface area contributed by atoms with Crippen LogP contribution in [0.1, 0.15) is 0 Å². The lowest BCUT2D eigenvalue weighted by Gasteiger charge is -1.98. The third-order valence-electron chi connectivity index (χ3n) is 0.560. The molecule has 0 amide bonds. The summed E-state index contributed by atoms with van der Waals surface area (Å²) in [6.07, 6.45) is 0. The molecule has 1 atom stereocenters. The molecule has 0 unspecified atom stereocenters. The molecule has 0 aliphatic heterocycles. The summed E-state index contributed by atoms with van der Waals surface area (Å²) < 4.78 is 0. The normalized spacial score (nSPS) is 13.4. The fraction of sp³-hybridized carbons (Fsp3) is 1.00. The van der Waals surface area contributed by atoms with Crippen molar-refractivity contribution < 1.29 is 5.11 Å². The highest BCUT2D eigenvalue weighted by atomic mass is 16.3. The molecule has 0 aromatic carbocycles. The topological polar surface area (TPSA) is 82.5 Å². The predicted molar refractivity (Wildman–Crippen MR) is 25.1 cm³/mol. The van der Waals surface area contributed by atoms with Crippen molar-refractivity contribution >= 4 is 0 Å². The van der Waals surface area contributed by atoms with Crippen LogP contribution in [0.25, 0.3) is 0 Å². The van der Waals surface area contributed by atoms with Gasteiger partial charge in [0.15, 0.2) is 0 Å². The van der Waals surface area contributed by atoms with E-state index in [1.165, 1.54) is 0 Å². The first-order valence-corrected chi connectivity index (χ1v) is 2.01. The summed E-state index contributed by atoms with van der Waals surface area (Å²) in [7, 11) is 0. The van der Waals surface area contributed by atoms with E-state index >= 15 is 0 Å². The van der Waals surface area contributed by atoms with E-state index < -0.39 is 0 Å². The Bertz CT molecular complexity index is 56.1. The van der Waals surface area contributed by atoms with Crippen LogP contribution in [0.3, 0.4) is 0 Å². The largest absolute Gasteiger partial charge is 0.395 e. The fourth-order valence-corrected chi connectivity index (χ4v) is 0.175.